The van der Waals surface area contributed by atoms with Crippen LogP contribution in [0.2, 0.25) is 0 Å². The molecular formula is C17H16FN3. The fourth-order valence-electron chi connectivity index (χ4n) is 2.64. The minimum atomic E-state index is -0.306. The van der Waals surface area contributed by atoms with Crippen LogP contribution in [-0.2, 0) is 0 Å². The Bertz CT molecular complexity index is 781. The number of nitrogens with zero attached hydrogens (tertiary/aromatic N) is 1. The van der Waals surface area contributed by atoms with Crippen LogP contribution >= 0.6 is 0 Å². The molecule has 0 aliphatic carbocycles. The second-order valence-corrected chi connectivity index (χ2v) is 5.05. The molecule has 3 nitrogen and oxygen atoms in total. The van der Waals surface area contributed by atoms with Gasteiger partial charge in [0.2, 0.25) is 0 Å². The van der Waals surface area contributed by atoms with Crippen LogP contribution in [0.1, 0.15) is 22.7 Å². The molecule has 21 heavy (non-hydrogen) atoms. The van der Waals surface area contributed by atoms with E-state index in [1.807, 2.05) is 37.4 Å². The van der Waals surface area contributed by atoms with Gasteiger partial charge in [0.15, 0.2) is 0 Å². The minimum absolute atomic E-state index is 0.274. The lowest BCUT2D eigenvalue weighted by Crippen LogP contribution is -2.29. The van der Waals surface area contributed by atoms with Crippen LogP contribution in [-0.4, -0.2) is 4.98 Å². The van der Waals surface area contributed by atoms with Gasteiger partial charge in [-0.15, -0.1) is 0 Å². The first kappa shape index (κ1) is 13.7. The van der Waals surface area contributed by atoms with Crippen molar-refractivity contribution in [3.8, 4) is 0 Å². The first-order valence-electron chi connectivity index (χ1n) is 6.75. The van der Waals surface area contributed by atoms with Crippen molar-refractivity contribution in [2.45, 2.75) is 13.0 Å². The number of hydrogen-bond acceptors (Lipinski definition) is 3. The summed E-state index contributed by atoms with van der Waals surface area (Å²) < 4.78 is 13.6. The molecule has 1 unspecified atom stereocenters. The summed E-state index contributed by atoms with van der Waals surface area (Å²) in [4.78, 5) is 4.27. The zero-order chi connectivity index (χ0) is 14.8. The van der Waals surface area contributed by atoms with E-state index in [0.29, 0.717) is 0 Å². The van der Waals surface area contributed by atoms with Gasteiger partial charge in [-0.25, -0.2) is 9.82 Å². The van der Waals surface area contributed by atoms with Gasteiger partial charge >= 0.3 is 0 Å². The average Bonchev–Trinajstić information content (AvgIpc) is 2.51. The van der Waals surface area contributed by atoms with Crippen molar-refractivity contribution < 1.29 is 4.39 Å². The summed E-state index contributed by atoms with van der Waals surface area (Å²) in [7, 11) is 0. The number of aryl methyl sites for hydroxylation is 1. The molecule has 4 heteroatoms. The minimum Gasteiger partial charge on any atom is -0.271 e. The van der Waals surface area contributed by atoms with E-state index in [9.17, 15) is 4.39 Å². The number of pyridine rings is 1. The lowest BCUT2D eigenvalue weighted by atomic mass is 9.93. The van der Waals surface area contributed by atoms with E-state index in [-0.39, 0.29) is 11.9 Å². The number of fused-ring (bicyclic) bond motifs is 1. The molecule has 0 radical (unpaired) electrons. The van der Waals surface area contributed by atoms with Crippen LogP contribution in [0.15, 0.2) is 54.9 Å². The number of hydrogen-bond donors (Lipinski definition) is 2. The molecule has 0 aliphatic heterocycles. The smallest absolute Gasteiger partial charge is 0.123 e. The summed E-state index contributed by atoms with van der Waals surface area (Å²) in [5, 5.41) is 2.09. The number of nitrogens with one attached hydrogen (secondary N) is 1. The third-order valence-corrected chi connectivity index (χ3v) is 3.73. The average molecular weight is 281 g/mol. The van der Waals surface area contributed by atoms with Gasteiger partial charge in [0.1, 0.15) is 5.82 Å². The van der Waals surface area contributed by atoms with Gasteiger partial charge in [-0.05, 0) is 35.6 Å². The van der Waals surface area contributed by atoms with Gasteiger partial charge in [0, 0.05) is 23.3 Å². The molecule has 106 valence electrons. The van der Waals surface area contributed by atoms with E-state index in [1.165, 1.54) is 12.1 Å². The highest BCUT2D eigenvalue weighted by molar-refractivity contribution is 5.85. The van der Waals surface area contributed by atoms with Crippen LogP contribution < -0.4 is 11.3 Å². The molecule has 0 saturated heterocycles. The highest BCUT2D eigenvalue weighted by atomic mass is 19.1. The number of benzene rings is 2. The van der Waals surface area contributed by atoms with E-state index in [0.717, 1.165) is 27.5 Å². The fourth-order valence-corrected chi connectivity index (χ4v) is 2.64. The van der Waals surface area contributed by atoms with Gasteiger partial charge in [0.25, 0.3) is 0 Å². The van der Waals surface area contributed by atoms with E-state index >= 15 is 0 Å². The molecule has 2 aromatic carbocycles. The Kier molecular flexibility index (Phi) is 3.64. The molecule has 1 heterocycles. The summed E-state index contributed by atoms with van der Waals surface area (Å²) in [5.74, 6) is 5.47. The molecule has 1 atom stereocenters. The fraction of sp³-hybridized carbons (Fsp3) is 0.118. The lowest BCUT2D eigenvalue weighted by molar-refractivity contribution is 0.603. The van der Waals surface area contributed by atoms with E-state index in [4.69, 9.17) is 5.84 Å². The Hall–Kier alpha value is -2.30. The largest absolute Gasteiger partial charge is 0.271 e. The van der Waals surface area contributed by atoms with Crippen molar-refractivity contribution in [1.82, 2.24) is 10.4 Å². The maximum Gasteiger partial charge on any atom is 0.123 e. The van der Waals surface area contributed by atoms with Crippen LogP contribution in [0, 0.1) is 12.7 Å². The third kappa shape index (κ3) is 2.51. The molecule has 1 aromatic heterocycles. The van der Waals surface area contributed by atoms with Crippen LogP contribution in [0.4, 0.5) is 4.39 Å². The number of hydrazine groups is 1. The highest BCUT2D eigenvalue weighted by Crippen LogP contribution is 2.29. The summed E-state index contributed by atoms with van der Waals surface area (Å²) in [6.07, 6.45) is 3.59. The standard InChI is InChI=1S/C17H16FN3/c1-11-6-7-13(18)8-15(11)17(21-19)16-10-20-9-12-4-2-3-5-14(12)16/h2-10,17,21H,19H2,1H3. The summed E-state index contributed by atoms with van der Waals surface area (Å²) in [6, 6.07) is 12.4. The third-order valence-electron chi connectivity index (χ3n) is 3.73. The number of halogens is 1. The van der Waals surface area contributed by atoms with Crippen molar-refractivity contribution in [3.63, 3.8) is 0 Å². The summed E-state index contributed by atoms with van der Waals surface area (Å²) in [6.45, 7) is 1.94. The predicted molar refractivity (Wildman–Crippen MR) is 82.0 cm³/mol. The molecule has 3 rings (SSSR count). The Labute approximate surface area is 122 Å². The van der Waals surface area contributed by atoms with Crippen LogP contribution in [0.25, 0.3) is 10.8 Å². The van der Waals surface area contributed by atoms with Crippen LogP contribution in [0.3, 0.4) is 0 Å². The van der Waals surface area contributed by atoms with Gasteiger partial charge in [-0.1, -0.05) is 30.3 Å². The molecule has 0 aliphatic rings. The number of rotatable bonds is 3. The summed E-state index contributed by atoms with van der Waals surface area (Å²) in [5.41, 5.74) is 5.52. The van der Waals surface area contributed by atoms with E-state index < -0.39 is 0 Å². The van der Waals surface area contributed by atoms with Crippen molar-refractivity contribution >= 4 is 10.8 Å². The van der Waals surface area contributed by atoms with Gasteiger partial charge in [0.05, 0.1) is 6.04 Å². The molecule has 3 N–H and O–H groups in total. The molecule has 0 bridgehead atoms. The van der Waals surface area contributed by atoms with Crippen LogP contribution in [0.5, 0.6) is 0 Å². The Morgan fingerprint density at radius 1 is 1.10 bits per heavy atom. The first-order valence-corrected chi connectivity index (χ1v) is 6.75. The topological polar surface area (TPSA) is 50.9 Å². The highest BCUT2D eigenvalue weighted by Gasteiger charge is 2.18. The Balaban J connectivity index is 2.21. The van der Waals surface area contributed by atoms with E-state index in [2.05, 4.69) is 10.4 Å². The number of aromatic nitrogens is 1. The normalized spacial score (nSPS) is 12.5. The molecule has 0 amide bonds. The molecule has 0 spiro atoms. The first-order chi connectivity index (χ1) is 10.2. The van der Waals surface area contributed by atoms with Crippen molar-refractivity contribution in [2.24, 2.45) is 5.84 Å². The van der Waals surface area contributed by atoms with Gasteiger partial charge in [-0.2, -0.15) is 0 Å². The maximum atomic E-state index is 13.6. The number of nitrogens with two attached hydrogens (primary N) is 1. The molecule has 0 fully saturated rings. The zero-order valence-corrected chi connectivity index (χ0v) is 11.7. The molecule has 3 aromatic rings. The van der Waals surface area contributed by atoms with E-state index in [1.54, 1.807) is 12.3 Å². The predicted octanol–water partition coefficient (Wildman–Crippen LogP) is 3.24. The lowest BCUT2D eigenvalue weighted by Gasteiger charge is -2.20. The second-order valence-electron chi connectivity index (χ2n) is 5.05. The Morgan fingerprint density at radius 2 is 1.90 bits per heavy atom. The van der Waals surface area contributed by atoms with Gasteiger partial charge in [-0.3, -0.25) is 10.8 Å². The quantitative estimate of drug-likeness (QED) is 0.572. The SMILES string of the molecule is Cc1ccc(F)cc1C(NN)c1cncc2ccccc12. The monoisotopic (exact) mass is 281 g/mol. The Morgan fingerprint density at radius 3 is 2.71 bits per heavy atom. The maximum absolute atomic E-state index is 13.6. The van der Waals surface area contributed by atoms with Gasteiger partial charge < -0.3 is 0 Å². The van der Waals surface area contributed by atoms with Crippen molar-refractivity contribution in [3.05, 3.63) is 77.4 Å². The summed E-state index contributed by atoms with van der Waals surface area (Å²) >= 11 is 0. The molecule has 0 saturated carbocycles. The van der Waals surface area contributed by atoms with Crippen molar-refractivity contribution in [2.75, 3.05) is 0 Å². The zero-order valence-electron chi connectivity index (χ0n) is 11.7. The van der Waals surface area contributed by atoms with Crippen molar-refractivity contribution in [1.29, 1.82) is 0 Å². The second kappa shape index (κ2) is 5.60. The molecular weight excluding hydrogens is 265 g/mol.